The fourth-order valence-corrected chi connectivity index (χ4v) is 5.66. The Bertz CT molecular complexity index is 1020. The topological polar surface area (TPSA) is 87.8 Å². The summed E-state index contributed by atoms with van der Waals surface area (Å²) in [5.74, 6) is 0.522. The minimum atomic E-state index is -4.75. The van der Waals surface area contributed by atoms with Crippen LogP contribution in [0.25, 0.3) is 0 Å². The number of benzene rings is 1. The van der Waals surface area contributed by atoms with Crippen molar-refractivity contribution >= 4 is 16.8 Å². The van der Waals surface area contributed by atoms with Crippen molar-refractivity contribution in [2.75, 3.05) is 51.4 Å². The summed E-state index contributed by atoms with van der Waals surface area (Å²) in [7, 11) is 0.738. The van der Waals surface area contributed by atoms with Gasteiger partial charge in [-0.05, 0) is 30.2 Å². The lowest BCUT2D eigenvalue weighted by molar-refractivity contribution is -0.274. The van der Waals surface area contributed by atoms with Crippen LogP contribution < -0.4 is 4.74 Å². The van der Waals surface area contributed by atoms with Crippen LogP contribution in [-0.2, 0) is 22.0 Å². The highest BCUT2D eigenvalue weighted by Crippen LogP contribution is 2.37. The number of carbonyl (C=O) groups is 1. The number of alkyl halides is 3. The third-order valence-electron chi connectivity index (χ3n) is 6.40. The molecule has 2 amide bonds. The van der Waals surface area contributed by atoms with Gasteiger partial charge in [-0.1, -0.05) is 12.1 Å². The molecule has 2 unspecified atom stereocenters. The maximum atomic E-state index is 13.3. The molecule has 0 radical (unpaired) electrons. The van der Waals surface area contributed by atoms with Crippen LogP contribution in [0.5, 0.6) is 5.75 Å². The third kappa shape index (κ3) is 6.75. The van der Waals surface area contributed by atoms with Crippen LogP contribution in [0.15, 0.2) is 30.3 Å². The summed E-state index contributed by atoms with van der Waals surface area (Å²) in [5.41, 5.74) is 2.61. The Morgan fingerprint density at radius 3 is 2.49 bits per heavy atom. The van der Waals surface area contributed by atoms with E-state index in [9.17, 15) is 22.2 Å². The molecule has 0 aliphatic carbocycles. The number of hydrogen-bond donors (Lipinski definition) is 1. The second-order valence-corrected chi connectivity index (χ2v) is 10.5. The monoisotopic (exact) mass is 514 g/mol. The number of halogens is 3. The lowest BCUT2D eigenvalue weighted by atomic mass is 9.83. The maximum Gasteiger partial charge on any atom is 0.573 e. The Labute approximate surface area is 204 Å². The Kier molecular flexibility index (Phi) is 8.00. The molecule has 1 N–H and O–H groups in total. The van der Waals surface area contributed by atoms with Crippen LogP contribution in [0.3, 0.4) is 0 Å². The summed E-state index contributed by atoms with van der Waals surface area (Å²) in [4.78, 5) is 16.9. The molecule has 2 aliphatic heterocycles. The largest absolute Gasteiger partial charge is 0.573 e. The van der Waals surface area contributed by atoms with E-state index in [4.69, 9.17) is 4.74 Å². The molecule has 192 valence electrons. The molecule has 2 atom stereocenters. The molecule has 2 saturated heterocycles. The number of rotatable bonds is 6. The minimum Gasteiger partial charge on any atom is -0.406 e. The first-order valence-corrected chi connectivity index (χ1v) is 13.0. The number of likely N-dealkylation sites (tertiary alicyclic amines) is 1. The lowest BCUT2D eigenvalue weighted by Crippen LogP contribution is -2.52. The molecule has 0 saturated carbocycles. The second kappa shape index (κ2) is 11.0. The van der Waals surface area contributed by atoms with Crippen LogP contribution in [0, 0.1) is 0 Å². The van der Waals surface area contributed by atoms with E-state index in [1.807, 2.05) is 6.07 Å². The Morgan fingerprint density at radius 2 is 1.83 bits per heavy atom. The molecule has 2 aromatic rings. The molecule has 2 aliphatic rings. The van der Waals surface area contributed by atoms with Crippen LogP contribution in [0.2, 0.25) is 0 Å². The normalized spacial score (nSPS) is 21.8. The van der Waals surface area contributed by atoms with E-state index in [2.05, 4.69) is 14.9 Å². The number of hydrogen-bond acceptors (Lipinski definition) is 5. The third-order valence-corrected chi connectivity index (χ3v) is 7.67. The lowest BCUT2D eigenvalue weighted by Gasteiger charge is -2.40. The number of nitrogens with zero attached hydrogens (tertiary/aromatic N) is 3. The summed E-state index contributed by atoms with van der Waals surface area (Å²) < 4.78 is 58.5. The second-order valence-electron chi connectivity index (χ2n) is 8.83. The zero-order chi connectivity index (χ0) is 25.0. The van der Waals surface area contributed by atoms with Gasteiger partial charge in [-0.3, -0.25) is 9.31 Å². The quantitative estimate of drug-likeness (QED) is 0.640. The van der Waals surface area contributed by atoms with Gasteiger partial charge in [0, 0.05) is 79.5 Å². The highest BCUT2D eigenvalue weighted by molar-refractivity contribution is 7.85. The zero-order valence-corrected chi connectivity index (χ0v) is 20.2. The van der Waals surface area contributed by atoms with E-state index in [-0.39, 0.29) is 23.6 Å². The number of ether oxygens (including phenoxy) is 2. The van der Waals surface area contributed by atoms with E-state index in [0.717, 1.165) is 17.0 Å². The molecule has 12 heteroatoms. The number of nitrogens with one attached hydrogen (secondary N) is 1. The van der Waals surface area contributed by atoms with Gasteiger partial charge in [-0.15, -0.1) is 13.2 Å². The van der Waals surface area contributed by atoms with Crippen molar-refractivity contribution in [2.24, 2.45) is 0 Å². The molecule has 1 aromatic heterocycles. The smallest absolute Gasteiger partial charge is 0.406 e. The van der Waals surface area contributed by atoms with Crippen molar-refractivity contribution in [3.8, 4) is 5.75 Å². The van der Waals surface area contributed by atoms with Crippen LogP contribution >= 0.6 is 0 Å². The van der Waals surface area contributed by atoms with Gasteiger partial charge in [0.15, 0.2) is 0 Å². The minimum absolute atomic E-state index is 0.0460. The summed E-state index contributed by atoms with van der Waals surface area (Å²) in [6, 6.07) is 7.72. The maximum absolute atomic E-state index is 13.3. The van der Waals surface area contributed by atoms with Gasteiger partial charge in [0.1, 0.15) is 5.75 Å². The molecule has 35 heavy (non-hydrogen) atoms. The average Bonchev–Trinajstić information content (AvgIpc) is 3.31. The van der Waals surface area contributed by atoms with Gasteiger partial charge in [0.25, 0.3) is 0 Å². The number of carbonyl (C=O) groups excluding carboxylic acids is 1. The number of piperidine rings is 1. The molecule has 0 spiro atoms. The summed E-state index contributed by atoms with van der Waals surface area (Å²) >= 11 is 0. The fourth-order valence-electron chi connectivity index (χ4n) is 4.61. The summed E-state index contributed by atoms with van der Waals surface area (Å²) in [6.45, 7) is 2.38. The van der Waals surface area contributed by atoms with E-state index < -0.39 is 17.2 Å². The number of H-pyrrole nitrogens is 1. The van der Waals surface area contributed by atoms with Crippen molar-refractivity contribution in [3.05, 3.63) is 47.3 Å². The van der Waals surface area contributed by atoms with Crippen LogP contribution in [0.1, 0.15) is 35.2 Å². The molecular formula is C23H29F3N4O4S. The molecule has 2 fully saturated rings. The van der Waals surface area contributed by atoms with Crippen molar-refractivity contribution in [3.63, 3.8) is 0 Å². The number of amides is 2. The molecule has 1 aromatic carbocycles. The van der Waals surface area contributed by atoms with Crippen molar-refractivity contribution < 1.29 is 31.6 Å². The predicted octanol–water partition coefficient (Wildman–Crippen LogP) is 3.25. The zero-order valence-electron chi connectivity index (χ0n) is 19.4. The highest BCUT2D eigenvalue weighted by Gasteiger charge is 2.36. The van der Waals surface area contributed by atoms with E-state index in [1.54, 1.807) is 29.0 Å². The summed E-state index contributed by atoms with van der Waals surface area (Å²) in [6.07, 6.45) is -3.37. The van der Waals surface area contributed by atoms with Crippen molar-refractivity contribution in [1.82, 2.24) is 20.0 Å². The standard InChI is InChI=1S/C23H29F3N4O4S/c1-33-9-6-19-13-21(28-27-19)18-12-17(16-2-4-20(5-3-16)34-23(24,25)26)14-30(15-18)22(31)29-7-10-35(32)11-8-29/h2-5,13,17-18H,6-12,14-15H2,1H3,(H,27,28). The van der Waals surface area contributed by atoms with E-state index >= 15 is 0 Å². The first-order valence-electron chi connectivity index (χ1n) is 11.5. The van der Waals surface area contributed by atoms with E-state index in [0.29, 0.717) is 57.1 Å². The van der Waals surface area contributed by atoms with Crippen LogP contribution in [-0.4, -0.2) is 88.0 Å². The van der Waals surface area contributed by atoms with Gasteiger partial charge in [-0.25, -0.2) is 4.79 Å². The van der Waals surface area contributed by atoms with Gasteiger partial charge in [-0.2, -0.15) is 5.10 Å². The number of aromatic amines is 1. The number of methoxy groups -OCH3 is 1. The SMILES string of the molecule is COCCc1cc(C2CC(c3ccc(OC(F)(F)F)cc3)CN(C(=O)N3CCS(=O)CC3)C2)n[nH]1. The first-order chi connectivity index (χ1) is 16.7. The van der Waals surface area contributed by atoms with Crippen molar-refractivity contribution in [1.29, 1.82) is 0 Å². The Hall–Kier alpha value is -2.60. The molecular weight excluding hydrogens is 485 g/mol. The molecule has 0 bridgehead atoms. The Morgan fingerprint density at radius 1 is 1.14 bits per heavy atom. The van der Waals surface area contributed by atoms with Crippen LogP contribution in [0.4, 0.5) is 18.0 Å². The number of urea groups is 1. The fraction of sp³-hybridized carbons (Fsp3) is 0.565. The van der Waals surface area contributed by atoms with Crippen molar-refractivity contribution in [2.45, 2.75) is 31.0 Å². The molecule has 8 nitrogen and oxygen atoms in total. The van der Waals surface area contributed by atoms with Gasteiger partial charge in [0.2, 0.25) is 0 Å². The molecule has 4 rings (SSSR count). The van der Waals surface area contributed by atoms with Gasteiger partial charge in [0.05, 0.1) is 12.3 Å². The van der Waals surface area contributed by atoms with Gasteiger partial charge >= 0.3 is 12.4 Å². The van der Waals surface area contributed by atoms with E-state index in [1.165, 1.54) is 12.1 Å². The van der Waals surface area contributed by atoms with Gasteiger partial charge < -0.3 is 19.3 Å². The summed E-state index contributed by atoms with van der Waals surface area (Å²) in [5, 5.41) is 7.51. The average molecular weight is 515 g/mol. The first kappa shape index (κ1) is 25.5. The Balaban J connectivity index is 1.54. The molecule has 3 heterocycles. The highest BCUT2D eigenvalue weighted by atomic mass is 32.2. The predicted molar refractivity (Wildman–Crippen MR) is 124 cm³/mol. The number of aromatic nitrogens is 2.